The van der Waals surface area contributed by atoms with E-state index in [9.17, 15) is 0 Å². The Morgan fingerprint density at radius 3 is 1.56 bits per heavy atom. The van der Waals surface area contributed by atoms with Gasteiger partial charge in [-0.1, -0.05) is 0 Å². The minimum Gasteiger partial charge on any atom is -1.00 e. The van der Waals surface area contributed by atoms with E-state index in [4.69, 9.17) is 0 Å². The second-order valence-corrected chi connectivity index (χ2v) is 19.0. The van der Waals surface area contributed by atoms with Crippen LogP contribution in [0.4, 0.5) is 0 Å². The largest absolute Gasteiger partial charge is 1.00 e. The van der Waals surface area contributed by atoms with Crippen LogP contribution < -0.4 is 24.8 Å². The quantitative estimate of drug-likeness (QED) is 0.211. The molecule has 0 nitrogen and oxygen atoms in total. The summed E-state index contributed by atoms with van der Waals surface area (Å²) < 4.78 is 2.42. The maximum absolute atomic E-state index is 2.86. The molecule has 1 unspecified atom stereocenters. The summed E-state index contributed by atoms with van der Waals surface area (Å²) in [7, 11) is 0. The molecule has 0 heterocycles. The Bertz CT molecular complexity index is 2020. The molecule has 0 fully saturated rings. The predicted molar refractivity (Wildman–Crippen MR) is 192 cm³/mol. The Morgan fingerprint density at radius 1 is 0.521 bits per heavy atom. The first-order chi connectivity index (χ1) is 22.7. The Labute approximate surface area is 305 Å². The number of allylic oxidation sites excluding steroid dienone is 1. The maximum Gasteiger partial charge on any atom is -1.00 e. The molecule has 2 aliphatic carbocycles. The molecule has 0 radical (unpaired) electrons. The number of halogens is 2. The standard InChI is InChI=1S/C17H17.C15H11.C13H10.2ClH.Zr/c1-3-12-5-7-16-14(9-12)11-15-10-13(4-2)6-8-17(15)16;1-2-6-12(7-3-1)14-10-4-8-13-9-5-11-15(13)14;1-3-7-12(8-4-1)11-13-9-5-2-6-10-13;;;/h5-11H,3-4H2,1-2H3;1-11H;1-10H;2*1H;/q;;;;;+2/p-2. The van der Waals surface area contributed by atoms with Crippen LogP contribution in [-0.2, 0) is 34.1 Å². The molecule has 8 rings (SSSR count). The van der Waals surface area contributed by atoms with E-state index in [1.54, 1.807) is 14.3 Å². The van der Waals surface area contributed by atoms with E-state index in [2.05, 4.69) is 172 Å². The smallest absolute Gasteiger partial charge is 1.00 e. The zero-order chi connectivity index (χ0) is 31.0. The van der Waals surface area contributed by atoms with Crippen molar-refractivity contribution in [1.29, 1.82) is 0 Å². The summed E-state index contributed by atoms with van der Waals surface area (Å²) in [6.45, 7) is 4.58. The summed E-state index contributed by atoms with van der Waals surface area (Å²) in [6.07, 6.45) is 7.16. The molecule has 0 bridgehead atoms. The monoisotopic (exact) mass is 738 g/mol. The molecule has 3 heteroatoms. The molecule has 236 valence electrons. The fraction of sp³-hybridized carbons (Fsp3) is 0.133. The fourth-order valence-corrected chi connectivity index (χ4v) is 17.6. The molecule has 6 aromatic carbocycles. The predicted octanol–water partition coefficient (Wildman–Crippen LogP) is 5.21. The van der Waals surface area contributed by atoms with Gasteiger partial charge in [0.15, 0.2) is 0 Å². The molecular formula is C45H38Cl2Zr. The maximum atomic E-state index is 2.60. The minimum absolute atomic E-state index is 0. The summed E-state index contributed by atoms with van der Waals surface area (Å²) >= 11 is -2.86. The van der Waals surface area contributed by atoms with Crippen LogP contribution in [0.1, 0.15) is 65.6 Å². The fourth-order valence-electron chi connectivity index (χ4n) is 7.80. The van der Waals surface area contributed by atoms with Gasteiger partial charge < -0.3 is 24.8 Å². The van der Waals surface area contributed by atoms with Crippen molar-refractivity contribution in [2.24, 2.45) is 0 Å². The van der Waals surface area contributed by atoms with Crippen molar-refractivity contribution < 1.29 is 46.1 Å². The van der Waals surface area contributed by atoms with Crippen molar-refractivity contribution in [3.05, 3.63) is 196 Å². The second kappa shape index (κ2) is 14.9. The first kappa shape index (κ1) is 34.3. The average molecular weight is 741 g/mol. The average Bonchev–Trinajstić information content (AvgIpc) is 3.70. The Balaban J connectivity index is 0.00000201. The van der Waals surface area contributed by atoms with Crippen LogP contribution in [-0.4, -0.2) is 3.21 Å². The third kappa shape index (κ3) is 6.07. The summed E-state index contributed by atoms with van der Waals surface area (Å²) in [5.74, 6) is 0. The zero-order valence-electron chi connectivity index (χ0n) is 27.3. The molecule has 0 aromatic heterocycles. The Hall–Kier alpha value is -3.61. The molecule has 0 aliphatic heterocycles. The number of fused-ring (bicyclic) bond motifs is 4. The SMILES string of the molecule is CCc1ccc2c(c1)[CH]([Zr+2](=[C](c1ccccc1)c1ccccc1)[CH]1C=Cc3c(-c4ccccc4)cccc31)c1cc(CC)ccc1-2.[Cl-].[Cl-]. The summed E-state index contributed by atoms with van der Waals surface area (Å²) in [5, 5.41) is 0. The Kier molecular flexibility index (Phi) is 10.6. The number of aryl methyl sites for hydroxylation is 2. The van der Waals surface area contributed by atoms with E-state index in [0.29, 0.717) is 7.25 Å². The van der Waals surface area contributed by atoms with Crippen LogP contribution in [0.2, 0.25) is 0 Å². The normalized spacial score (nSPS) is 13.7. The number of hydrogen-bond donors (Lipinski definition) is 0. The molecule has 1 atom stereocenters. The van der Waals surface area contributed by atoms with Crippen molar-refractivity contribution in [2.45, 2.75) is 33.9 Å². The van der Waals surface area contributed by atoms with E-state index >= 15 is 0 Å². The molecule has 0 saturated heterocycles. The minimum atomic E-state index is -2.86. The first-order valence-electron chi connectivity index (χ1n) is 16.7. The van der Waals surface area contributed by atoms with Gasteiger partial charge in [-0.25, -0.2) is 0 Å². The van der Waals surface area contributed by atoms with Gasteiger partial charge in [-0.2, -0.15) is 0 Å². The van der Waals surface area contributed by atoms with Crippen LogP contribution >= 0.6 is 0 Å². The van der Waals surface area contributed by atoms with Crippen molar-refractivity contribution in [1.82, 2.24) is 0 Å². The van der Waals surface area contributed by atoms with Gasteiger partial charge in [0, 0.05) is 0 Å². The zero-order valence-corrected chi connectivity index (χ0v) is 31.3. The van der Waals surface area contributed by atoms with Crippen LogP contribution in [0.25, 0.3) is 28.3 Å². The second-order valence-electron chi connectivity index (χ2n) is 12.6. The van der Waals surface area contributed by atoms with Gasteiger partial charge in [-0.3, -0.25) is 0 Å². The van der Waals surface area contributed by atoms with Gasteiger partial charge in [-0.05, 0) is 0 Å². The van der Waals surface area contributed by atoms with Gasteiger partial charge in [0.05, 0.1) is 0 Å². The van der Waals surface area contributed by atoms with Gasteiger partial charge in [0.2, 0.25) is 0 Å². The van der Waals surface area contributed by atoms with Gasteiger partial charge in [0.25, 0.3) is 0 Å². The van der Waals surface area contributed by atoms with E-state index in [1.807, 2.05) is 0 Å². The van der Waals surface area contributed by atoms with Crippen LogP contribution in [0.5, 0.6) is 0 Å². The van der Waals surface area contributed by atoms with E-state index in [1.165, 1.54) is 55.6 Å². The van der Waals surface area contributed by atoms with Crippen molar-refractivity contribution in [2.75, 3.05) is 0 Å². The van der Waals surface area contributed by atoms with Crippen molar-refractivity contribution >= 4 is 9.28 Å². The topological polar surface area (TPSA) is 0 Å². The molecule has 0 amide bonds. The molecule has 48 heavy (non-hydrogen) atoms. The van der Waals surface area contributed by atoms with E-state index < -0.39 is 21.3 Å². The summed E-state index contributed by atoms with van der Waals surface area (Å²) in [4.78, 5) is 0. The third-order valence-electron chi connectivity index (χ3n) is 10.0. The molecule has 2 aliphatic rings. The third-order valence-corrected chi connectivity index (χ3v) is 18.8. The number of hydrogen-bond acceptors (Lipinski definition) is 0. The van der Waals surface area contributed by atoms with Crippen LogP contribution in [0.3, 0.4) is 0 Å². The van der Waals surface area contributed by atoms with Gasteiger partial charge in [0.1, 0.15) is 0 Å². The summed E-state index contributed by atoms with van der Waals surface area (Å²) in [6, 6.07) is 55.4. The molecule has 0 spiro atoms. The molecular weight excluding hydrogens is 703 g/mol. The van der Waals surface area contributed by atoms with E-state index in [-0.39, 0.29) is 24.8 Å². The summed E-state index contributed by atoms with van der Waals surface area (Å²) in [5.41, 5.74) is 17.2. The van der Waals surface area contributed by atoms with Gasteiger partial charge in [-0.15, -0.1) is 0 Å². The van der Waals surface area contributed by atoms with Gasteiger partial charge >= 0.3 is 283 Å². The Morgan fingerprint density at radius 2 is 1.04 bits per heavy atom. The number of benzene rings is 6. The van der Waals surface area contributed by atoms with Crippen LogP contribution in [0.15, 0.2) is 152 Å². The number of rotatable bonds is 7. The van der Waals surface area contributed by atoms with Crippen LogP contribution in [0, 0.1) is 0 Å². The van der Waals surface area contributed by atoms with Crippen molar-refractivity contribution in [3.8, 4) is 22.3 Å². The van der Waals surface area contributed by atoms with Crippen molar-refractivity contribution in [3.63, 3.8) is 0 Å². The van der Waals surface area contributed by atoms with E-state index in [0.717, 1.165) is 12.8 Å². The molecule has 0 N–H and O–H groups in total. The first-order valence-corrected chi connectivity index (χ1v) is 20.8. The molecule has 0 saturated carbocycles. The molecule has 6 aromatic rings.